The maximum Gasteiger partial charge on any atom is 0.414 e. The molecular weight excluding hydrogens is 382 g/mol. The van der Waals surface area contributed by atoms with Crippen molar-refractivity contribution in [3.63, 3.8) is 0 Å². The number of rotatable bonds is 4. The van der Waals surface area contributed by atoms with Crippen molar-refractivity contribution in [2.75, 3.05) is 17.3 Å². The minimum atomic E-state index is -0.555. The number of fused-ring (bicyclic) bond motifs is 1. The molecule has 0 aliphatic heterocycles. The highest BCUT2D eigenvalue weighted by atomic mass is 16.6. The summed E-state index contributed by atoms with van der Waals surface area (Å²) in [5.74, 6) is 0.369. The van der Waals surface area contributed by atoms with Crippen LogP contribution in [-0.2, 0) is 9.53 Å². The number of carbonyl (C=O) groups is 2. The molecule has 2 amide bonds. The van der Waals surface area contributed by atoms with Crippen LogP contribution in [0.1, 0.15) is 33.6 Å². The van der Waals surface area contributed by atoms with Crippen LogP contribution in [-0.4, -0.2) is 39.2 Å². The average molecular weight is 407 g/mol. The summed E-state index contributed by atoms with van der Waals surface area (Å²) in [4.78, 5) is 30.2. The quantitative estimate of drug-likeness (QED) is 0.703. The van der Waals surface area contributed by atoms with Crippen molar-refractivity contribution in [1.29, 1.82) is 0 Å². The van der Waals surface area contributed by atoms with Crippen LogP contribution in [0.3, 0.4) is 0 Å². The van der Waals surface area contributed by atoms with Gasteiger partial charge in [0, 0.05) is 24.2 Å². The molecule has 1 aliphatic rings. The summed E-state index contributed by atoms with van der Waals surface area (Å²) >= 11 is 0. The minimum absolute atomic E-state index is 0.0259. The van der Waals surface area contributed by atoms with E-state index in [0.717, 1.165) is 29.8 Å². The first-order valence-electron chi connectivity index (χ1n) is 9.95. The number of amides is 2. The molecule has 2 aromatic heterocycles. The number of carbonyl (C=O) groups excluding carboxylic acids is 2. The van der Waals surface area contributed by atoms with Gasteiger partial charge in [-0.2, -0.15) is 4.98 Å². The van der Waals surface area contributed by atoms with Gasteiger partial charge in [-0.3, -0.25) is 15.0 Å². The average Bonchev–Trinajstić information content (AvgIpc) is 3.46. The Morgan fingerprint density at radius 3 is 2.47 bits per heavy atom. The standard InChI is InChI=1S/C22H25N5O3/c1-22(2,3)30-21(29)26(4)16-12-10-14(11-13-16)17-6-5-7-18-23-20(25-27(17)18)24-19(28)15-8-9-15/h5-7,10-13,15H,8-9H2,1-4H3,(H,24,25,28). The molecule has 1 N–H and O–H groups in total. The van der Waals surface area contributed by atoms with Gasteiger partial charge in [0.2, 0.25) is 11.9 Å². The van der Waals surface area contributed by atoms with E-state index >= 15 is 0 Å². The minimum Gasteiger partial charge on any atom is -0.443 e. The van der Waals surface area contributed by atoms with Gasteiger partial charge in [0.25, 0.3) is 0 Å². The molecule has 8 nitrogen and oxygen atoms in total. The summed E-state index contributed by atoms with van der Waals surface area (Å²) in [7, 11) is 1.68. The number of nitrogens with one attached hydrogen (secondary N) is 1. The van der Waals surface area contributed by atoms with E-state index in [1.165, 1.54) is 4.90 Å². The zero-order chi connectivity index (χ0) is 21.5. The summed E-state index contributed by atoms with van der Waals surface area (Å²) in [6, 6.07) is 13.2. The van der Waals surface area contributed by atoms with E-state index in [9.17, 15) is 9.59 Å². The Labute approximate surface area is 174 Å². The van der Waals surface area contributed by atoms with Crippen LogP contribution in [0.2, 0.25) is 0 Å². The second kappa shape index (κ2) is 7.44. The maximum absolute atomic E-state index is 12.3. The lowest BCUT2D eigenvalue weighted by Crippen LogP contribution is -2.34. The van der Waals surface area contributed by atoms with Gasteiger partial charge in [-0.1, -0.05) is 18.2 Å². The van der Waals surface area contributed by atoms with E-state index in [4.69, 9.17) is 4.74 Å². The van der Waals surface area contributed by atoms with Gasteiger partial charge >= 0.3 is 6.09 Å². The predicted molar refractivity (Wildman–Crippen MR) is 114 cm³/mol. The first kappa shape index (κ1) is 19.9. The van der Waals surface area contributed by atoms with Crippen molar-refractivity contribution in [1.82, 2.24) is 14.6 Å². The van der Waals surface area contributed by atoms with Crippen molar-refractivity contribution in [2.45, 2.75) is 39.2 Å². The van der Waals surface area contributed by atoms with E-state index in [1.54, 1.807) is 11.6 Å². The van der Waals surface area contributed by atoms with Gasteiger partial charge in [0.1, 0.15) is 5.60 Å². The molecule has 1 fully saturated rings. The van der Waals surface area contributed by atoms with Gasteiger partial charge in [0.15, 0.2) is 5.65 Å². The second-order valence-corrected chi connectivity index (χ2v) is 8.47. The summed E-state index contributed by atoms with van der Waals surface area (Å²) in [6.07, 6.45) is 1.44. The molecule has 0 saturated heterocycles. The van der Waals surface area contributed by atoms with Crippen LogP contribution >= 0.6 is 0 Å². The number of hydrogen-bond donors (Lipinski definition) is 1. The highest BCUT2D eigenvalue weighted by molar-refractivity contribution is 5.92. The fourth-order valence-electron chi connectivity index (χ4n) is 3.03. The topological polar surface area (TPSA) is 88.8 Å². The Hall–Kier alpha value is -3.42. The lowest BCUT2D eigenvalue weighted by atomic mass is 10.1. The van der Waals surface area contributed by atoms with E-state index in [1.807, 2.05) is 63.2 Å². The molecule has 30 heavy (non-hydrogen) atoms. The molecule has 0 atom stereocenters. The van der Waals surface area contributed by atoms with Crippen LogP contribution in [0, 0.1) is 5.92 Å². The van der Waals surface area contributed by atoms with E-state index in [2.05, 4.69) is 15.4 Å². The van der Waals surface area contributed by atoms with Crippen molar-refractivity contribution in [3.05, 3.63) is 42.5 Å². The third-order valence-electron chi connectivity index (χ3n) is 4.76. The van der Waals surface area contributed by atoms with Gasteiger partial charge < -0.3 is 4.74 Å². The number of pyridine rings is 1. The summed E-state index contributed by atoms with van der Waals surface area (Å²) < 4.78 is 7.12. The van der Waals surface area contributed by atoms with Crippen molar-refractivity contribution >= 4 is 29.3 Å². The van der Waals surface area contributed by atoms with Gasteiger partial charge in [-0.05, 0) is 57.9 Å². The van der Waals surface area contributed by atoms with Crippen LogP contribution in [0.4, 0.5) is 16.4 Å². The fraction of sp³-hybridized carbons (Fsp3) is 0.364. The Balaban J connectivity index is 1.57. The normalized spacial score (nSPS) is 13.9. The Morgan fingerprint density at radius 1 is 1.13 bits per heavy atom. The lowest BCUT2D eigenvalue weighted by Gasteiger charge is -2.24. The largest absolute Gasteiger partial charge is 0.443 e. The molecule has 8 heteroatoms. The molecule has 0 unspecified atom stereocenters. The summed E-state index contributed by atoms with van der Waals surface area (Å²) in [6.45, 7) is 5.51. The van der Waals surface area contributed by atoms with Crippen molar-refractivity contribution in [3.8, 4) is 11.3 Å². The number of anilines is 2. The molecule has 2 heterocycles. The Morgan fingerprint density at radius 2 is 1.83 bits per heavy atom. The third-order valence-corrected chi connectivity index (χ3v) is 4.76. The summed E-state index contributed by atoms with van der Waals surface area (Å²) in [5.41, 5.74) is 2.55. The molecule has 156 valence electrons. The van der Waals surface area contributed by atoms with Crippen LogP contribution < -0.4 is 10.2 Å². The van der Waals surface area contributed by atoms with E-state index in [0.29, 0.717) is 11.6 Å². The predicted octanol–water partition coefficient (Wildman–Crippen LogP) is 4.12. The van der Waals surface area contributed by atoms with Crippen LogP contribution in [0.15, 0.2) is 42.5 Å². The van der Waals surface area contributed by atoms with E-state index in [-0.39, 0.29) is 11.8 Å². The van der Waals surface area contributed by atoms with Crippen molar-refractivity contribution in [2.24, 2.45) is 5.92 Å². The maximum atomic E-state index is 12.3. The molecule has 0 radical (unpaired) electrons. The molecule has 1 saturated carbocycles. The smallest absolute Gasteiger partial charge is 0.414 e. The SMILES string of the molecule is CN(C(=O)OC(C)(C)C)c1ccc(-c2cccc3nc(NC(=O)C4CC4)nn23)cc1. The highest BCUT2D eigenvalue weighted by Crippen LogP contribution is 2.30. The van der Waals surface area contributed by atoms with Gasteiger partial charge in [-0.25, -0.2) is 9.31 Å². The van der Waals surface area contributed by atoms with Crippen LogP contribution in [0.25, 0.3) is 16.9 Å². The molecule has 3 aromatic rings. The monoisotopic (exact) mass is 407 g/mol. The molecule has 1 aromatic carbocycles. The number of hydrogen-bond acceptors (Lipinski definition) is 5. The molecular formula is C22H25N5O3. The van der Waals surface area contributed by atoms with Crippen LogP contribution in [0.5, 0.6) is 0 Å². The van der Waals surface area contributed by atoms with Gasteiger partial charge in [-0.15, -0.1) is 5.10 Å². The van der Waals surface area contributed by atoms with E-state index < -0.39 is 11.7 Å². The Kier molecular flexibility index (Phi) is 4.93. The first-order chi connectivity index (χ1) is 14.2. The first-order valence-corrected chi connectivity index (χ1v) is 9.95. The lowest BCUT2D eigenvalue weighted by molar-refractivity contribution is -0.117. The molecule has 0 bridgehead atoms. The second-order valence-electron chi connectivity index (χ2n) is 8.47. The number of nitrogens with zero attached hydrogens (tertiary/aromatic N) is 4. The van der Waals surface area contributed by atoms with Gasteiger partial charge in [0.05, 0.1) is 5.69 Å². The molecule has 1 aliphatic carbocycles. The zero-order valence-corrected chi connectivity index (χ0v) is 17.5. The fourth-order valence-corrected chi connectivity index (χ4v) is 3.03. The highest BCUT2D eigenvalue weighted by Gasteiger charge is 2.30. The number of aromatic nitrogens is 3. The molecule has 0 spiro atoms. The molecule has 4 rings (SSSR count). The summed E-state index contributed by atoms with van der Waals surface area (Å²) in [5, 5.41) is 7.24. The number of benzene rings is 1. The van der Waals surface area contributed by atoms with Crippen molar-refractivity contribution < 1.29 is 14.3 Å². The third kappa shape index (κ3) is 4.27. The zero-order valence-electron chi connectivity index (χ0n) is 17.5. The number of ether oxygens (including phenoxy) is 1. The Bertz CT molecular complexity index is 1090.